The van der Waals surface area contributed by atoms with Crippen LogP contribution in [0.3, 0.4) is 0 Å². The SMILES string of the molecule is CNc1cc([N+](=O)[O-])ccc1S(=O)(=O)NC(C)C1CC1. The van der Waals surface area contributed by atoms with Crippen molar-refractivity contribution in [1.29, 1.82) is 0 Å². The molecule has 0 spiro atoms. The second kappa shape index (κ2) is 5.37. The third-order valence-corrected chi connectivity index (χ3v) is 5.02. The van der Waals surface area contributed by atoms with Crippen molar-refractivity contribution >= 4 is 21.4 Å². The number of benzene rings is 1. The van der Waals surface area contributed by atoms with Gasteiger partial charge in [0.1, 0.15) is 4.90 Å². The van der Waals surface area contributed by atoms with Crippen LogP contribution in [0.5, 0.6) is 0 Å². The van der Waals surface area contributed by atoms with Crippen LogP contribution in [0.15, 0.2) is 23.1 Å². The van der Waals surface area contributed by atoms with Gasteiger partial charge in [0.25, 0.3) is 5.69 Å². The van der Waals surface area contributed by atoms with Crippen molar-refractivity contribution in [2.75, 3.05) is 12.4 Å². The molecule has 1 aliphatic carbocycles. The Morgan fingerprint density at radius 3 is 2.55 bits per heavy atom. The molecule has 1 saturated carbocycles. The molecule has 2 N–H and O–H groups in total. The molecule has 1 unspecified atom stereocenters. The van der Waals surface area contributed by atoms with Crippen molar-refractivity contribution < 1.29 is 13.3 Å². The van der Waals surface area contributed by atoms with Gasteiger partial charge in [-0.2, -0.15) is 0 Å². The molecule has 8 heteroatoms. The summed E-state index contributed by atoms with van der Waals surface area (Å²) in [4.78, 5) is 10.2. The molecule has 0 saturated heterocycles. The number of non-ortho nitro benzene ring substituents is 1. The summed E-state index contributed by atoms with van der Waals surface area (Å²) in [5.41, 5.74) is 0.0678. The molecule has 0 aromatic heterocycles. The van der Waals surface area contributed by atoms with Gasteiger partial charge in [0.05, 0.1) is 10.6 Å². The molecule has 0 heterocycles. The van der Waals surface area contributed by atoms with Crippen molar-refractivity contribution in [2.45, 2.75) is 30.7 Å². The molecule has 1 aliphatic rings. The van der Waals surface area contributed by atoms with Crippen LogP contribution >= 0.6 is 0 Å². The lowest BCUT2D eigenvalue weighted by Crippen LogP contribution is -2.34. The Morgan fingerprint density at radius 1 is 1.40 bits per heavy atom. The molecule has 20 heavy (non-hydrogen) atoms. The van der Waals surface area contributed by atoms with Crippen LogP contribution in [-0.2, 0) is 10.0 Å². The minimum Gasteiger partial charge on any atom is -0.387 e. The van der Waals surface area contributed by atoms with Gasteiger partial charge in [0, 0.05) is 25.2 Å². The first-order chi connectivity index (χ1) is 9.35. The Kier molecular flexibility index (Phi) is 3.96. The van der Waals surface area contributed by atoms with Gasteiger partial charge in [-0.15, -0.1) is 0 Å². The summed E-state index contributed by atoms with van der Waals surface area (Å²) in [5.74, 6) is 0.390. The van der Waals surface area contributed by atoms with E-state index in [9.17, 15) is 18.5 Å². The van der Waals surface area contributed by atoms with E-state index in [0.29, 0.717) is 5.92 Å². The van der Waals surface area contributed by atoms with Crippen molar-refractivity contribution in [3.63, 3.8) is 0 Å². The maximum absolute atomic E-state index is 12.3. The number of nitro benzene ring substituents is 1. The Morgan fingerprint density at radius 2 is 2.05 bits per heavy atom. The molecule has 0 radical (unpaired) electrons. The third kappa shape index (κ3) is 3.07. The largest absolute Gasteiger partial charge is 0.387 e. The summed E-state index contributed by atoms with van der Waals surface area (Å²) < 4.78 is 27.2. The first-order valence-electron chi connectivity index (χ1n) is 6.33. The Balaban J connectivity index is 2.32. The molecule has 1 atom stereocenters. The molecular formula is C12H17N3O4S. The molecular weight excluding hydrogens is 282 g/mol. The van der Waals surface area contributed by atoms with Gasteiger partial charge in [-0.05, 0) is 31.7 Å². The molecule has 110 valence electrons. The quantitative estimate of drug-likeness (QED) is 0.615. The van der Waals surface area contributed by atoms with Crippen LogP contribution in [0, 0.1) is 16.0 Å². The highest BCUT2D eigenvalue weighted by Gasteiger charge is 2.32. The summed E-state index contributed by atoms with van der Waals surface area (Å²) in [6, 6.07) is 3.54. The molecule has 1 aromatic rings. The number of anilines is 1. The van der Waals surface area contributed by atoms with Gasteiger partial charge in [0.2, 0.25) is 10.0 Å². The van der Waals surface area contributed by atoms with Crippen molar-refractivity contribution in [1.82, 2.24) is 4.72 Å². The number of rotatable bonds is 6. The number of hydrogen-bond donors (Lipinski definition) is 2. The van der Waals surface area contributed by atoms with Gasteiger partial charge in [-0.1, -0.05) is 0 Å². The van der Waals surface area contributed by atoms with Crippen LogP contribution < -0.4 is 10.0 Å². The second-order valence-corrected chi connectivity index (χ2v) is 6.62. The van der Waals surface area contributed by atoms with Crippen LogP contribution in [0.25, 0.3) is 0 Å². The van der Waals surface area contributed by atoms with E-state index in [-0.39, 0.29) is 22.3 Å². The minimum atomic E-state index is -3.68. The van der Waals surface area contributed by atoms with Gasteiger partial charge in [-0.3, -0.25) is 10.1 Å². The maximum atomic E-state index is 12.3. The minimum absolute atomic E-state index is 0.0260. The Labute approximate surface area is 117 Å². The molecule has 0 amide bonds. The fourth-order valence-electron chi connectivity index (χ4n) is 2.06. The number of sulfonamides is 1. The van der Waals surface area contributed by atoms with E-state index in [1.54, 1.807) is 0 Å². The zero-order valence-corrected chi connectivity index (χ0v) is 12.1. The van der Waals surface area contributed by atoms with E-state index < -0.39 is 14.9 Å². The van der Waals surface area contributed by atoms with Gasteiger partial charge in [-0.25, -0.2) is 13.1 Å². The fraction of sp³-hybridized carbons (Fsp3) is 0.500. The summed E-state index contributed by atoms with van der Waals surface area (Å²) in [6.07, 6.45) is 2.06. The van der Waals surface area contributed by atoms with E-state index >= 15 is 0 Å². The predicted octanol–water partition coefficient (Wildman–Crippen LogP) is 1.71. The first-order valence-corrected chi connectivity index (χ1v) is 7.82. The average molecular weight is 299 g/mol. The molecule has 0 aliphatic heterocycles. The lowest BCUT2D eigenvalue weighted by molar-refractivity contribution is -0.384. The normalized spacial score (nSPS) is 16.7. The molecule has 7 nitrogen and oxygen atoms in total. The Bertz CT molecular complexity index is 626. The van der Waals surface area contributed by atoms with E-state index in [4.69, 9.17) is 0 Å². The highest BCUT2D eigenvalue weighted by atomic mass is 32.2. The van der Waals surface area contributed by atoms with Crippen molar-refractivity contribution in [3.8, 4) is 0 Å². The number of nitrogens with zero attached hydrogens (tertiary/aromatic N) is 1. The zero-order chi connectivity index (χ0) is 14.9. The van der Waals surface area contributed by atoms with Crippen LogP contribution in [0.4, 0.5) is 11.4 Å². The number of hydrogen-bond acceptors (Lipinski definition) is 5. The first kappa shape index (κ1) is 14.7. The smallest absolute Gasteiger partial charge is 0.271 e. The Hall–Kier alpha value is -1.67. The van der Waals surface area contributed by atoms with E-state index in [1.807, 2.05) is 6.92 Å². The monoisotopic (exact) mass is 299 g/mol. The fourth-order valence-corrected chi connectivity index (χ4v) is 3.57. The zero-order valence-electron chi connectivity index (χ0n) is 11.3. The summed E-state index contributed by atoms with van der Waals surface area (Å²) >= 11 is 0. The highest BCUT2D eigenvalue weighted by molar-refractivity contribution is 7.89. The highest BCUT2D eigenvalue weighted by Crippen LogP contribution is 2.34. The molecule has 1 fully saturated rings. The second-order valence-electron chi connectivity index (χ2n) is 4.93. The van der Waals surface area contributed by atoms with E-state index in [0.717, 1.165) is 12.8 Å². The summed E-state index contributed by atoms with van der Waals surface area (Å²) in [5, 5.41) is 13.4. The number of nitro groups is 1. The number of nitrogens with one attached hydrogen (secondary N) is 2. The van der Waals surface area contributed by atoms with Gasteiger partial charge < -0.3 is 5.32 Å². The van der Waals surface area contributed by atoms with E-state index in [2.05, 4.69) is 10.0 Å². The van der Waals surface area contributed by atoms with Crippen molar-refractivity contribution in [3.05, 3.63) is 28.3 Å². The lowest BCUT2D eigenvalue weighted by atomic mass is 10.2. The lowest BCUT2D eigenvalue weighted by Gasteiger charge is -2.15. The molecule has 2 rings (SSSR count). The van der Waals surface area contributed by atoms with E-state index in [1.165, 1.54) is 25.2 Å². The average Bonchev–Trinajstić information content (AvgIpc) is 3.21. The topological polar surface area (TPSA) is 101 Å². The standard InChI is InChI=1S/C12H17N3O4S/c1-8(9-3-4-9)14-20(18,19)12-6-5-10(15(16)17)7-11(12)13-2/h5-9,13-14H,3-4H2,1-2H3. The maximum Gasteiger partial charge on any atom is 0.271 e. The summed E-state index contributed by atoms with van der Waals surface area (Å²) in [6.45, 7) is 1.83. The predicted molar refractivity (Wildman–Crippen MR) is 75.2 cm³/mol. The third-order valence-electron chi connectivity index (χ3n) is 3.40. The van der Waals surface area contributed by atoms with Crippen LogP contribution in [0.1, 0.15) is 19.8 Å². The molecule has 0 bridgehead atoms. The van der Waals surface area contributed by atoms with Crippen LogP contribution in [-0.4, -0.2) is 26.4 Å². The molecule has 1 aromatic carbocycles. The van der Waals surface area contributed by atoms with Crippen LogP contribution in [0.2, 0.25) is 0 Å². The van der Waals surface area contributed by atoms with Gasteiger partial charge >= 0.3 is 0 Å². The van der Waals surface area contributed by atoms with Gasteiger partial charge in [0.15, 0.2) is 0 Å². The van der Waals surface area contributed by atoms with Crippen molar-refractivity contribution in [2.24, 2.45) is 5.92 Å². The summed E-state index contributed by atoms with van der Waals surface area (Å²) in [7, 11) is -2.15.